The Morgan fingerprint density at radius 3 is 2.47 bits per heavy atom. The first-order valence-corrected chi connectivity index (χ1v) is 5.89. The van der Waals surface area contributed by atoms with Gasteiger partial charge in [-0.15, -0.1) is 0 Å². The van der Waals surface area contributed by atoms with E-state index in [-0.39, 0.29) is 30.8 Å². The number of carboxylic acids is 1. The monoisotopic (exact) mass is 240 g/mol. The lowest BCUT2D eigenvalue weighted by atomic mass is 10.1. The van der Waals surface area contributed by atoms with Crippen LogP contribution in [0.1, 0.15) is 32.1 Å². The third-order valence-electron chi connectivity index (χ3n) is 3.46. The summed E-state index contributed by atoms with van der Waals surface area (Å²) >= 11 is 0. The molecule has 0 spiro atoms. The molecule has 17 heavy (non-hydrogen) atoms. The molecule has 1 saturated carbocycles. The lowest BCUT2D eigenvalue weighted by Crippen LogP contribution is -2.48. The maximum atomic E-state index is 11.6. The second-order valence-corrected chi connectivity index (χ2v) is 4.64. The molecule has 1 aliphatic carbocycles. The Morgan fingerprint density at radius 1 is 1.35 bits per heavy atom. The van der Waals surface area contributed by atoms with E-state index in [2.05, 4.69) is 5.32 Å². The number of nitrogens with zero attached hydrogens (tertiary/aromatic N) is 1. The largest absolute Gasteiger partial charge is 0.480 e. The molecule has 1 heterocycles. The topological polar surface area (TPSA) is 86.7 Å². The molecule has 94 valence electrons. The van der Waals surface area contributed by atoms with Crippen LogP contribution in [0, 0.1) is 0 Å². The van der Waals surface area contributed by atoms with E-state index in [0.29, 0.717) is 0 Å². The highest BCUT2D eigenvalue weighted by atomic mass is 16.4. The molecule has 0 bridgehead atoms. The van der Waals surface area contributed by atoms with Gasteiger partial charge in [-0.2, -0.15) is 0 Å². The molecule has 0 aromatic rings. The van der Waals surface area contributed by atoms with E-state index in [0.717, 1.165) is 25.7 Å². The standard InChI is InChI=1S/C11H16N2O4/c14-9-5-8(11(17)12-9)13(6-10(15)16)7-3-1-2-4-7/h7-8H,1-6H2,(H,15,16)(H,12,14,17). The molecular formula is C11H16N2O4. The Bertz CT molecular complexity index is 349. The number of hydrogen-bond donors (Lipinski definition) is 2. The van der Waals surface area contributed by atoms with Gasteiger partial charge < -0.3 is 5.11 Å². The van der Waals surface area contributed by atoms with Crippen LogP contribution in [0.2, 0.25) is 0 Å². The van der Waals surface area contributed by atoms with Gasteiger partial charge in [-0.25, -0.2) is 0 Å². The third kappa shape index (κ3) is 2.63. The lowest BCUT2D eigenvalue weighted by molar-refractivity contribution is -0.140. The molecule has 2 aliphatic rings. The van der Waals surface area contributed by atoms with Crippen molar-refractivity contribution in [1.82, 2.24) is 10.2 Å². The number of rotatable bonds is 4. The van der Waals surface area contributed by atoms with Gasteiger partial charge in [0.05, 0.1) is 19.0 Å². The zero-order valence-corrected chi connectivity index (χ0v) is 9.52. The summed E-state index contributed by atoms with van der Waals surface area (Å²) in [6, 6.07) is -0.477. The SMILES string of the molecule is O=C(O)CN(C1CCCC1)C1CC(=O)NC1=O. The number of carbonyl (C=O) groups excluding carboxylic acids is 2. The molecular weight excluding hydrogens is 224 g/mol. The summed E-state index contributed by atoms with van der Waals surface area (Å²) in [6.07, 6.45) is 4.02. The fraction of sp³-hybridized carbons (Fsp3) is 0.727. The van der Waals surface area contributed by atoms with E-state index in [1.807, 2.05) is 0 Å². The van der Waals surface area contributed by atoms with Crippen LogP contribution in [0.15, 0.2) is 0 Å². The fourth-order valence-corrected chi connectivity index (χ4v) is 2.69. The molecule has 6 heteroatoms. The second kappa shape index (κ2) is 4.83. The maximum absolute atomic E-state index is 11.6. The minimum Gasteiger partial charge on any atom is -0.480 e. The first-order chi connectivity index (χ1) is 8.08. The van der Waals surface area contributed by atoms with Crippen LogP contribution in [-0.4, -0.2) is 46.4 Å². The third-order valence-corrected chi connectivity index (χ3v) is 3.46. The highest BCUT2D eigenvalue weighted by Crippen LogP contribution is 2.27. The summed E-state index contributed by atoms with van der Waals surface area (Å²) in [6.45, 7) is -0.171. The van der Waals surface area contributed by atoms with Crippen LogP contribution in [0.3, 0.4) is 0 Å². The molecule has 1 unspecified atom stereocenters. The summed E-state index contributed by atoms with van der Waals surface area (Å²) in [5.74, 6) is -1.62. The van der Waals surface area contributed by atoms with Crippen molar-refractivity contribution < 1.29 is 19.5 Å². The van der Waals surface area contributed by atoms with Crippen molar-refractivity contribution in [2.75, 3.05) is 6.54 Å². The van der Waals surface area contributed by atoms with E-state index < -0.39 is 12.0 Å². The van der Waals surface area contributed by atoms with Gasteiger partial charge in [-0.1, -0.05) is 12.8 Å². The number of aliphatic carboxylic acids is 1. The van der Waals surface area contributed by atoms with Crippen molar-refractivity contribution in [2.45, 2.75) is 44.2 Å². The van der Waals surface area contributed by atoms with Gasteiger partial charge >= 0.3 is 5.97 Å². The van der Waals surface area contributed by atoms with Gasteiger partial charge in [0.15, 0.2) is 0 Å². The number of carboxylic acid groups (broad SMARTS) is 1. The second-order valence-electron chi connectivity index (χ2n) is 4.64. The zero-order chi connectivity index (χ0) is 12.4. The van der Waals surface area contributed by atoms with E-state index in [9.17, 15) is 14.4 Å². The predicted molar refractivity (Wildman–Crippen MR) is 58.2 cm³/mol. The summed E-state index contributed by atoms with van der Waals surface area (Å²) in [7, 11) is 0. The Kier molecular flexibility index (Phi) is 3.42. The summed E-state index contributed by atoms with van der Waals surface area (Å²) in [5.41, 5.74) is 0. The first-order valence-electron chi connectivity index (χ1n) is 5.89. The van der Waals surface area contributed by atoms with Crippen molar-refractivity contribution in [1.29, 1.82) is 0 Å². The van der Waals surface area contributed by atoms with Crippen LogP contribution >= 0.6 is 0 Å². The van der Waals surface area contributed by atoms with Gasteiger partial charge in [-0.05, 0) is 12.8 Å². The molecule has 2 N–H and O–H groups in total. The average Bonchev–Trinajstić information content (AvgIpc) is 2.84. The quantitative estimate of drug-likeness (QED) is 0.661. The summed E-state index contributed by atoms with van der Waals surface area (Å²) in [5, 5.41) is 11.1. The Balaban J connectivity index is 2.11. The smallest absolute Gasteiger partial charge is 0.317 e. The molecule has 2 amide bonds. The van der Waals surface area contributed by atoms with E-state index >= 15 is 0 Å². The van der Waals surface area contributed by atoms with Crippen LogP contribution in [0.5, 0.6) is 0 Å². The highest BCUT2D eigenvalue weighted by Gasteiger charge is 2.39. The zero-order valence-electron chi connectivity index (χ0n) is 9.52. The maximum Gasteiger partial charge on any atom is 0.317 e. The van der Waals surface area contributed by atoms with Gasteiger partial charge in [0.2, 0.25) is 11.8 Å². The van der Waals surface area contributed by atoms with E-state index in [4.69, 9.17) is 5.11 Å². The molecule has 1 atom stereocenters. The molecule has 1 aliphatic heterocycles. The normalized spacial score (nSPS) is 25.6. The highest BCUT2D eigenvalue weighted by molar-refractivity contribution is 6.05. The van der Waals surface area contributed by atoms with Crippen LogP contribution in [0.4, 0.5) is 0 Å². The molecule has 0 aromatic heterocycles. The van der Waals surface area contributed by atoms with Crippen molar-refractivity contribution >= 4 is 17.8 Å². The van der Waals surface area contributed by atoms with Crippen LogP contribution < -0.4 is 5.32 Å². The Hall–Kier alpha value is -1.43. The van der Waals surface area contributed by atoms with Crippen LogP contribution in [0.25, 0.3) is 0 Å². The number of imide groups is 1. The van der Waals surface area contributed by atoms with Crippen LogP contribution in [-0.2, 0) is 14.4 Å². The molecule has 2 rings (SSSR count). The van der Waals surface area contributed by atoms with Crippen molar-refractivity contribution in [2.24, 2.45) is 0 Å². The number of carbonyl (C=O) groups is 3. The van der Waals surface area contributed by atoms with Gasteiger partial charge in [-0.3, -0.25) is 24.6 Å². The van der Waals surface area contributed by atoms with Crippen molar-refractivity contribution in [3.8, 4) is 0 Å². The van der Waals surface area contributed by atoms with Crippen molar-refractivity contribution in [3.05, 3.63) is 0 Å². The number of hydrogen-bond acceptors (Lipinski definition) is 4. The molecule has 0 radical (unpaired) electrons. The van der Waals surface area contributed by atoms with Gasteiger partial charge in [0.25, 0.3) is 0 Å². The molecule has 2 fully saturated rings. The minimum atomic E-state index is -0.955. The van der Waals surface area contributed by atoms with Gasteiger partial charge in [0, 0.05) is 6.04 Å². The Morgan fingerprint density at radius 2 is 2.00 bits per heavy atom. The summed E-state index contributed by atoms with van der Waals surface area (Å²) < 4.78 is 0. The fourth-order valence-electron chi connectivity index (χ4n) is 2.69. The predicted octanol–water partition coefficient (Wildman–Crippen LogP) is -0.269. The Labute approximate surface area is 99.0 Å². The van der Waals surface area contributed by atoms with E-state index in [1.54, 1.807) is 4.90 Å². The average molecular weight is 240 g/mol. The van der Waals surface area contributed by atoms with Gasteiger partial charge in [0.1, 0.15) is 0 Å². The molecule has 1 saturated heterocycles. The van der Waals surface area contributed by atoms with Crippen molar-refractivity contribution in [3.63, 3.8) is 0 Å². The summed E-state index contributed by atoms with van der Waals surface area (Å²) in [4.78, 5) is 35.3. The molecule has 6 nitrogen and oxygen atoms in total. The minimum absolute atomic E-state index is 0.0859. The number of amides is 2. The number of nitrogens with one attached hydrogen (secondary N) is 1. The van der Waals surface area contributed by atoms with E-state index in [1.165, 1.54) is 0 Å². The first kappa shape index (κ1) is 12.0. The lowest BCUT2D eigenvalue weighted by Gasteiger charge is -2.30. The molecule has 0 aromatic carbocycles.